The Labute approximate surface area is 558 Å². The van der Waals surface area contributed by atoms with E-state index < -0.39 is 80.9 Å². The zero-order chi connectivity index (χ0) is 67.6. The molecule has 2 fully saturated rings. The Bertz CT molecular complexity index is 4780. The lowest BCUT2D eigenvalue weighted by Crippen LogP contribution is -2.27. The number of nitrogens with zero attached hydrogens (tertiary/aromatic N) is 12. The number of esters is 2. The molecule has 2 unspecified atom stereocenters. The molecule has 0 N–H and O–H groups in total. The minimum atomic E-state index is -1.32. The van der Waals surface area contributed by atoms with Gasteiger partial charge in [-0.25, -0.2) is 75.8 Å². The summed E-state index contributed by atoms with van der Waals surface area (Å²) in [5, 5.41) is 0.744. The van der Waals surface area contributed by atoms with Gasteiger partial charge in [0, 0.05) is 107 Å². The van der Waals surface area contributed by atoms with Crippen LogP contribution < -0.4 is 9.47 Å². The number of benzene rings is 4. The van der Waals surface area contributed by atoms with E-state index in [1.165, 1.54) is 24.3 Å². The molecule has 10 heterocycles. The molecular weight excluding hydrogens is 1310 g/mol. The highest BCUT2D eigenvalue weighted by atomic mass is 35.5. The number of carbonyl (C=O) groups is 2. The molecule has 97 heavy (non-hydrogen) atoms. The van der Waals surface area contributed by atoms with Crippen molar-refractivity contribution in [3.8, 4) is 45.9 Å². The number of halogens is 8. The average molecular weight is 1360 g/mol. The molecule has 12 aromatic rings. The first kappa shape index (κ1) is 64.0. The van der Waals surface area contributed by atoms with Crippen LogP contribution in [0, 0.1) is 45.7 Å². The summed E-state index contributed by atoms with van der Waals surface area (Å²) < 4.78 is 134. The van der Waals surface area contributed by atoms with Crippen LogP contribution in [0.1, 0.15) is 94.4 Å². The van der Waals surface area contributed by atoms with Crippen molar-refractivity contribution in [2.45, 2.75) is 65.8 Å². The van der Waals surface area contributed by atoms with Gasteiger partial charge in [0.05, 0.1) is 82.1 Å². The molecule has 2 aliphatic rings. The zero-order valence-electron chi connectivity index (χ0n) is 51.9. The van der Waals surface area contributed by atoms with Crippen molar-refractivity contribution in [1.29, 1.82) is 0 Å². The zero-order valence-corrected chi connectivity index (χ0v) is 53.4. The topological polar surface area (TPSA) is 203 Å². The smallest absolute Gasteiger partial charge is 0.346 e. The lowest BCUT2D eigenvalue weighted by molar-refractivity contribution is 0.0397. The highest BCUT2D eigenvalue weighted by molar-refractivity contribution is 6.31. The Morgan fingerprint density at radius 1 is 0.536 bits per heavy atom. The third-order valence-electron chi connectivity index (χ3n) is 17.3. The van der Waals surface area contributed by atoms with Crippen LogP contribution in [0.5, 0.6) is 11.8 Å². The first-order chi connectivity index (χ1) is 46.6. The fraction of sp³-hybridized carbons (Fsp3) is 0.229. The normalized spacial score (nSPS) is 15.8. The first-order valence-corrected chi connectivity index (χ1v) is 31.1. The molecule has 2 saturated heterocycles. The third kappa shape index (κ3) is 12.7. The standard InChI is InChI=1S/C70H54Cl2F6N12O7/c1-69(2)33-93-31-57(69)89-55-19-39(17-51(77)65(55)85-61(89)21-37-15-49(75)43(23-47(37)73)53-7-5-9-63(83-53)95-29-41-27-81-59(25-45(41)71)87-13-11-79-35-87)67(91)97-68(92)40-18-52(78)66-56(20-40)90(58-32-94-34-70(58,3)4)62(86-66)22-38-16-50(76)44(24-48(38)74)54-8-6-10-64(84-54)96-30-42-28-82-60(26-46(42)72)88-14-12-80-36-88/h5-20,23-28,35-36,57-58H,21-22,29-34H2,1-4H3. The largest absolute Gasteiger partial charge is 0.473 e. The summed E-state index contributed by atoms with van der Waals surface area (Å²) in [6.45, 7) is 8.24. The molecule has 0 bridgehead atoms. The molecule has 0 saturated carbocycles. The van der Waals surface area contributed by atoms with E-state index in [0.29, 0.717) is 32.8 Å². The quantitative estimate of drug-likeness (QED) is 0.0445. The van der Waals surface area contributed by atoms with Gasteiger partial charge in [0.1, 0.15) is 83.5 Å². The summed E-state index contributed by atoms with van der Waals surface area (Å²) in [7, 11) is 0. The Morgan fingerprint density at radius 3 is 1.35 bits per heavy atom. The number of aromatic nitrogens is 12. The van der Waals surface area contributed by atoms with E-state index >= 15 is 26.3 Å². The van der Waals surface area contributed by atoms with Gasteiger partial charge in [-0.1, -0.05) is 63.0 Å². The second-order valence-electron chi connectivity index (χ2n) is 24.9. The van der Waals surface area contributed by atoms with Gasteiger partial charge in [0.15, 0.2) is 11.6 Å². The van der Waals surface area contributed by atoms with Crippen molar-refractivity contribution in [2.75, 3.05) is 26.4 Å². The van der Waals surface area contributed by atoms with Gasteiger partial charge in [-0.15, -0.1) is 0 Å². The molecule has 19 nitrogen and oxygen atoms in total. The highest BCUT2D eigenvalue weighted by Crippen LogP contribution is 2.44. The molecule has 2 aliphatic heterocycles. The summed E-state index contributed by atoms with van der Waals surface area (Å²) in [5.74, 6) is -6.49. The van der Waals surface area contributed by atoms with Crippen LogP contribution in [0.3, 0.4) is 0 Å². The number of hydrogen-bond donors (Lipinski definition) is 0. The monoisotopic (exact) mass is 1360 g/mol. The molecule has 14 rings (SSSR count). The van der Waals surface area contributed by atoms with Crippen molar-refractivity contribution in [3.63, 3.8) is 0 Å². The van der Waals surface area contributed by atoms with Crippen molar-refractivity contribution < 1.29 is 59.6 Å². The minimum Gasteiger partial charge on any atom is -0.473 e. The summed E-state index contributed by atoms with van der Waals surface area (Å²) >= 11 is 13.1. The van der Waals surface area contributed by atoms with Gasteiger partial charge < -0.3 is 32.8 Å². The van der Waals surface area contributed by atoms with Crippen molar-refractivity contribution >= 4 is 57.2 Å². The van der Waals surface area contributed by atoms with Crippen LogP contribution in [-0.4, -0.2) is 96.5 Å². The van der Waals surface area contributed by atoms with E-state index in [1.54, 1.807) is 105 Å². The molecule has 2 atom stereocenters. The minimum absolute atomic E-state index is 0.0361. The number of rotatable bonds is 18. The number of ether oxygens (including phenoxy) is 5. The van der Waals surface area contributed by atoms with E-state index in [4.69, 9.17) is 46.9 Å². The van der Waals surface area contributed by atoms with Crippen molar-refractivity contribution in [1.82, 2.24) is 58.1 Å². The maximum atomic E-state index is 16.6. The van der Waals surface area contributed by atoms with Gasteiger partial charge in [-0.05, 0) is 71.8 Å². The van der Waals surface area contributed by atoms with E-state index in [9.17, 15) is 9.59 Å². The molecule has 0 amide bonds. The fourth-order valence-corrected chi connectivity index (χ4v) is 12.5. The number of imidazole rings is 4. The second kappa shape index (κ2) is 25.7. The maximum absolute atomic E-state index is 16.6. The summed E-state index contributed by atoms with van der Waals surface area (Å²) in [6, 6.07) is 19.6. The molecule has 0 aliphatic carbocycles. The van der Waals surface area contributed by atoms with E-state index in [2.05, 4.69) is 39.9 Å². The van der Waals surface area contributed by atoms with Gasteiger partial charge >= 0.3 is 11.9 Å². The molecule has 4 aromatic carbocycles. The van der Waals surface area contributed by atoms with Crippen molar-refractivity contribution in [2.24, 2.45) is 10.8 Å². The van der Waals surface area contributed by atoms with Crippen LogP contribution in [0.25, 0.3) is 56.2 Å². The van der Waals surface area contributed by atoms with Gasteiger partial charge in [0.25, 0.3) is 0 Å². The van der Waals surface area contributed by atoms with Crippen molar-refractivity contribution in [3.05, 3.63) is 237 Å². The van der Waals surface area contributed by atoms with E-state index in [-0.39, 0.29) is 132 Å². The Kier molecular flexibility index (Phi) is 16.9. The molecular formula is C70H54Cl2F6N12O7. The highest BCUT2D eigenvalue weighted by Gasteiger charge is 2.41. The number of pyridine rings is 4. The van der Waals surface area contributed by atoms with Crippen LogP contribution in [-0.2, 0) is 40.3 Å². The molecule has 492 valence electrons. The average Bonchev–Trinajstić information content (AvgIpc) is 1.61. The van der Waals surface area contributed by atoms with Crippen LogP contribution in [0.2, 0.25) is 10.0 Å². The lowest BCUT2D eigenvalue weighted by atomic mass is 9.87. The predicted molar refractivity (Wildman–Crippen MR) is 343 cm³/mol. The third-order valence-corrected chi connectivity index (χ3v) is 18.0. The van der Waals surface area contributed by atoms with Gasteiger partial charge in [-0.2, -0.15) is 0 Å². The van der Waals surface area contributed by atoms with E-state index in [1.807, 2.05) is 27.7 Å². The van der Waals surface area contributed by atoms with E-state index in [0.717, 1.165) is 36.4 Å². The second-order valence-corrected chi connectivity index (χ2v) is 25.7. The number of fused-ring (bicyclic) bond motifs is 2. The van der Waals surface area contributed by atoms with Gasteiger partial charge in [0.2, 0.25) is 11.8 Å². The SMILES string of the molecule is CC1(C)COCC1n1c(Cc2cc(F)c(-c3cccc(OCc4cnc(-n5ccnc5)cc4Cl)n3)cc2F)nc2c(F)cc(C(=O)OC(=O)c3cc(F)c4nc(Cc5cc(F)c(-c6cccc(OCc7cnc(-n8ccnc8)cc7Cl)n6)cc5F)n(C5COCC5(C)C)c4c3)cc21. The van der Waals surface area contributed by atoms with Crippen LogP contribution in [0.15, 0.2) is 147 Å². The Morgan fingerprint density at radius 2 is 0.969 bits per heavy atom. The molecule has 27 heteroatoms. The van der Waals surface area contributed by atoms with Crippen LogP contribution >= 0.6 is 23.2 Å². The number of carbonyl (C=O) groups excluding carboxylic acids is 2. The van der Waals surface area contributed by atoms with Gasteiger partial charge in [-0.3, -0.25) is 9.13 Å². The molecule has 0 radical (unpaired) electrons. The maximum Gasteiger partial charge on any atom is 0.346 e. The van der Waals surface area contributed by atoms with Crippen LogP contribution in [0.4, 0.5) is 26.3 Å². The Hall–Kier alpha value is -10.3. The molecule has 8 aromatic heterocycles. The summed E-state index contributed by atoms with van der Waals surface area (Å²) in [5.41, 5.74) is -1.88. The lowest BCUT2D eigenvalue weighted by Gasteiger charge is -2.28. The summed E-state index contributed by atoms with van der Waals surface area (Å²) in [4.78, 5) is 63.2. The fourth-order valence-electron chi connectivity index (χ4n) is 12.1. The summed E-state index contributed by atoms with van der Waals surface area (Å²) in [6.07, 6.45) is 12.2. The number of hydrogen-bond acceptors (Lipinski definition) is 15. The molecule has 0 spiro atoms. The predicted octanol–water partition coefficient (Wildman–Crippen LogP) is 14.3. The first-order valence-electron chi connectivity index (χ1n) is 30.4. The Balaban J connectivity index is 0.708.